The molecule has 3 rings (SSSR count). The third-order valence-electron chi connectivity index (χ3n) is 3.66. The zero-order valence-electron chi connectivity index (χ0n) is 11.0. The Morgan fingerprint density at radius 2 is 2.17 bits per heavy atom. The Kier molecular flexibility index (Phi) is 2.92. The van der Waals surface area contributed by atoms with Gasteiger partial charge in [0.1, 0.15) is 5.82 Å². The molecule has 0 saturated carbocycles. The summed E-state index contributed by atoms with van der Waals surface area (Å²) in [5, 5.41) is 3.47. The Labute approximate surface area is 108 Å². The molecular formula is C15H19N3. The summed E-state index contributed by atoms with van der Waals surface area (Å²) >= 11 is 0. The molecule has 0 amide bonds. The lowest BCUT2D eigenvalue weighted by Gasteiger charge is -2.07. The van der Waals surface area contributed by atoms with Crippen LogP contribution in [-0.4, -0.2) is 16.5 Å². The molecule has 0 bridgehead atoms. The van der Waals surface area contributed by atoms with E-state index in [1.165, 1.54) is 29.5 Å². The van der Waals surface area contributed by atoms with E-state index >= 15 is 0 Å². The molecule has 0 spiro atoms. The lowest BCUT2D eigenvalue weighted by atomic mass is 10.0. The summed E-state index contributed by atoms with van der Waals surface area (Å²) in [6, 6.07) is 6.94. The van der Waals surface area contributed by atoms with E-state index in [-0.39, 0.29) is 0 Å². The summed E-state index contributed by atoms with van der Waals surface area (Å²) in [5.74, 6) is 1.07. The van der Waals surface area contributed by atoms with Gasteiger partial charge in [-0.05, 0) is 38.8 Å². The van der Waals surface area contributed by atoms with Crippen LogP contribution in [0.25, 0.3) is 11.3 Å². The summed E-state index contributed by atoms with van der Waals surface area (Å²) < 4.78 is 0. The molecule has 1 unspecified atom stereocenters. The van der Waals surface area contributed by atoms with Crippen LogP contribution in [0.3, 0.4) is 0 Å². The summed E-state index contributed by atoms with van der Waals surface area (Å²) in [7, 11) is 0. The SMILES string of the molecule is Cc1ccc(-c2cnc(C3CCCN3)[nH]2)c(C)c1. The van der Waals surface area contributed by atoms with Crippen molar-refractivity contribution in [1.29, 1.82) is 0 Å². The van der Waals surface area contributed by atoms with Crippen molar-refractivity contribution in [1.82, 2.24) is 15.3 Å². The van der Waals surface area contributed by atoms with Gasteiger partial charge in [-0.25, -0.2) is 4.98 Å². The van der Waals surface area contributed by atoms with Crippen molar-refractivity contribution in [3.05, 3.63) is 41.3 Å². The maximum absolute atomic E-state index is 4.52. The Morgan fingerprint density at radius 1 is 1.28 bits per heavy atom. The van der Waals surface area contributed by atoms with E-state index < -0.39 is 0 Å². The van der Waals surface area contributed by atoms with E-state index in [1.807, 2.05) is 6.20 Å². The van der Waals surface area contributed by atoms with E-state index in [4.69, 9.17) is 0 Å². The van der Waals surface area contributed by atoms with Crippen molar-refractivity contribution in [3.63, 3.8) is 0 Å². The number of nitrogens with zero attached hydrogens (tertiary/aromatic N) is 1. The van der Waals surface area contributed by atoms with Crippen molar-refractivity contribution in [2.45, 2.75) is 32.7 Å². The normalized spacial score (nSPS) is 19.3. The van der Waals surface area contributed by atoms with Gasteiger partial charge < -0.3 is 10.3 Å². The second-order valence-corrected chi connectivity index (χ2v) is 5.15. The first-order chi connectivity index (χ1) is 8.74. The number of hydrogen-bond donors (Lipinski definition) is 2. The second kappa shape index (κ2) is 4.58. The highest BCUT2D eigenvalue weighted by atomic mass is 15.0. The van der Waals surface area contributed by atoms with Crippen LogP contribution in [0.5, 0.6) is 0 Å². The number of benzene rings is 1. The smallest absolute Gasteiger partial charge is 0.123 e. The number of H-pyrrole nitrogens is 1. The second-order valence-electron chi connectivity index (χ2n) is 5.15. The van der Waals surface area contributed by atoms with Gasteiger partial charge in [-0.15, -0.1) is 0 Å². The third-order valence-corrected chi connectivity index (χ3v) is 3.66. The van der Waals surface area contributed by atoms with Gasteiger partial charge in [-0.3, -0.25) is 0 Å². The Morgan fingerprint density at radius 3 is 2.89 bits per heavy atom. The zero-order chi connectivity index (χ0) is 12.5. The number of aryl methyl sites for hydroxylation is 2. The van der Waals surface area contributed by atoms with Crippen LogP contribution in [0.2, 0.25) is 0 Å². The average Bonchev–Trinajstić information content (AvgIpc) is 2.99. The number of aromatic amines is 1. The first-order valence-corrected chi connectivity index (χ1v) is 6.60. The predicted octanol–water partition coefficient (Wildman–Crippen LogP) is 3.12. The molecule has 3 nitrogen and oxygen atoms in total. The highest BCUT2D eigenvalue weighted by Gasteiger charge is 2.19. The van der Waals surface area contributed by atoms with Crippen molar-refractivity contribution < 1.29 is 0 Å². The van der Waals surface area contributed by atoms with Crippen molar-refractivity contribution in [2.75, 3.05) is 6.54 Å². The molecule has 1 atom stereocenters. The minimum absolute atomic E-state index is 0.407. The fraction of sp³-hybridized carbons (Fsp3) is 0.400. The summed E-state index contributed by atoms with van der Waals surface area (Å²) in [5.41, 5.74) is 4.96. The molecule has 2 aromatic rings. The molecule has 3 heteroatoms. The van der Waals surface area contributed by atoms with Crippen molar-refractivity contribution in [3.8, 4) is 11.3 Å². The summed E-state index contributed by atoms with van der Waals surface area (Å²) in [4.78, 5) is 7.98. The molecule has 1 aromatic carbocycles. The van der Waals surface area contributed by atoms with Crippen LogP contribution in [0.15, 0.2) is 24.4 Å². The topological polar surface area (TPSA) is 40.7 Å². The average molecular weight is 241 g/mol. The van der Waals surface area contributed by atoms with Crippen LogP contribution in [0, 0.1) is 13.8 Å². The molecule has 18 heavy (non-hydrogen) atoms. The van der Waals surface area contributed by atoms with Gasteiger partial charge in [0.25, 0.3) is 0 Å². The van der Waals surface area contributed by atoms with Crippen LogP contribution < -0.4 is 5.32 Å². The van der Waals surface area contributed by atoms with Crippen LogP contribution in [0.4, 0.5) is 0 Å². The number of nitrogens with one attached hydrogen (secondary N) is 2. The standard InChI is InChI=1S/C15H19N3/c1-10-5-6-12(11(2)8-10)14-9-17-15(18-14)13-4-3-7-16-13/h5-6,8-9,13,16H,3-4,7H2,1-2H3,(H,17,18). The van der Waals surface area contributed by atoms with Crippen molar-refractivity contribution in [2.24, 2.45) is 0 Å². The van der Waals surface area contributed by atoms with Gasteiger partial charge in [0.05, 0.1) is 17.9 Å². The number of imidazole rings is 1. The highest BCUT2D eigenvalue weighted by molar-refractivity contribution is 5.63. The molecule has 2 heterocycles. The number of aromatic nitrogens is 2. The minimum atomic E-state index is 0.407. The Balaban J connectivity index is 1.92. The molecule has 1 aliphatic heterocycles. The van der Waals surface area contributed by atoms with Crippen LogP contribution >= 0.6 is 0 Å². The molecule has 0 aliphatic carbocycles. The molecule has 2 N–H and O–H groups in total. The van der Waals surface area contributed by atoms with Crippen molar-refractivity contribution >= 4 is 0 Å². The molecule has 0 radical (unpaired) electrons. The third kappa shape index (κ3) is 2.06. The van der Waals surface area contributed by atoms with E-state index in [9.17, 15) is 0 Å². The van der Waals surface area contributed by atoms with Crippen LogP contribution in [0.1, 0.15) is 35.8 Å². The lowest BCUT2D eigenvalue weighted by Crippen LogP contribution is -2.14. The first-order valence-electron chi connectivity index (χ1n) is 6.60. The fourth-order valence-corrected chi connectivity index (χ4v) is 2.68. The maximum Gasteiger partial charge on any atom is 0.123 e. The molecule has 1 saturated heterocycles. The van der Waals surface area contributed by atoms with Gasteiger partial charge in [-0.1, -0.05) is 23.8 Å². The van der Waals surface area contributed by atoms with Crippen LogP contribution in [-0.2, 0) is 0 Å². The lowest BCUT2D eigenvalue weighted by molar-refractivity contribution is 0.613. The highest BCUT2D eigenvalue weighted by Crippen LogP contribution is 2.26. The summed E-state index contributed by atoms with van der Waals surface area (Å²) in [6.07, 6.45) is 4.37. The summed E-state index contributed by atoms with van der Waals surface area (Å²) in [6.45, 7) is 5.37. The van der Waals surface area contributed by atoms with Gasteiger partial charge in [-0.2, -0.15) is 0 Å². The van der Waals surface area contributed by atoms with Gasteiger partial charge in [0, 0.05) is 5.56 Å². The van der Waals surface area contributed by atoms with Gasteiger partial charge in [0.2, 0.25) is 0 Å². The Bertz CT molecular complexity index is 551. The van der Waals surface area contributed by atoms with E-state index in [2.05, 4.69) is 47.3 Å². The monoisotopic (exact) mass is 241 g/mol. The van der Waals surface area contributed by atoms with E-state index in [0.717, 1.165) is 18.1 Å². The molecule has 1 aromatic heterocycles. The molecule has 1 aliphatic rings. The molecule has 94 valence electrons. The minimum Gasteiger partial charge on any atom is -0.341 e. The fourth-order valence-electron chi connectivity index (χ4n) is 2.68. The number of rotatable bonds is 2. The quantitative estimate of drug-likeness (QED) is 0.848. The largest absolute Gasteiger partial charge is 0.341 e. The first kappa shape index (κ1) is 11.5. The maximum atomic E-state index is 4.52. The van der Waals surface area contributed by atoms with E-state index in [1.54, 1.807) is 0 Å². The van der Waals surface area contributed by atoms with Gasteiger partial charge >= 0.3 is 0 Å². The molecule has 1 fully saturated rings. The zero-order valence-corrected chi connectivity index (χ0v) is 11.0. The number of hydrogen-bond acceptors (Lipinski definition) is 2. The Hall–Kier alpha value is -1.61. The molecular weight excluding hydrogens is 222 g/mol. The van der Waals surface area contributed by atoms with E-state index in [0.29, 0.717) is 6.04 Å². The van der Waals surface area contributed by atoms with Gasteiger partial charge in [0.15, 0.2) is 0 Å². The predicted molar refractivity (Wildman–Crippen MR) is 73.5 cm³/mol.